The predicted molar refractivity (Wildman–Crippen MR) is 99.1 cm³/mol. The van der Waals surface area contributed by atoms with Gasteiger partial charge in [-0.25, -0.2) is 4.79 Å². The average molecular weight is 380 g/mol. The van der Waals surface area contributed by atoms with Crippen LogP contribution in [0.1, 0.15) is 29.3 Å². The molecule has 0 fully saturated rings. The molecule has 1 amide bonds. The molecular formula is C19H19Cl2NO3. The van der Waals surface area contributed by atoms with Crippen LogP contribution in [0.15, 0.2) is 48.5 Å². The number of rotatable bonds is 7. The van der Waals surface area contributed by atoms with Crippen molar-refractivity contribution in [1.29, 1.82) is 0 Å². The van der Waals surface area contributed by atoms with Gasteiger partial charge in [0.25, 0.3) is 5.91 Å². The zero-order valence-electron chi connectivity index (χ0n) is 13.8. The molecule has 2 rings (SSSR count). The fourth-order valence-electron chi connectivity index (χ4n) is 2.31. The van der Waals surface area contributed by atoms with Crippen molar-refractivity contribution in [1.82, 2.24) is 5.32 Å². The van der Waals surface area contributed by atoms with Crippen molar-refractivity contribution in [2.75, 3.05) is 6.61 Å². The standard InChI is InChI=1S/C19H19Cl2NO3/c1-13(10-11-14-6-3-2-4-7-14)22-17(23)12-25-19(24)18-15(20)8-5-9-16(18)21/h2-9,13H,10-12H2,1H3,(H,22,23)/t13-/m0/s1. The third-order valence-corrected chi connectivity index (χ3v) is 4.25. The topological polar surface area (TPSA) is 55.4 Å². The van der Waals surface area contributed by atoms with Gasteiger partial charge >= 0.3 is 5.97 Å². The third-order valence-electron chi connectivity index (χ3n) is 3.62. The summed E-state index contributed by atoms with van der Waals surface area (Å²) in [4.78, 5) is 23.9. The van der Waals surface area contributed by atoms with E-state index in [4.69, 9.17) is 27.9 Å². The molecule has 0 heterocycles. The molecule has 1 atom stereocenters. The molecule has 2 aromatic rings. The highest BCUT2D eigenvalue weighted by atomic mass is 35.5. The van der Waals surface area contributed by atoms with Crippen LogP contribution in [0, 0.1) is 0 Å². The lowest BCUT2D eigenvalue weighted by atomic mass is 10.1. The maximum Gasteiger partial charge on any atom is 0.341 e. The summed E-state index contributed by atoms with van der Waals surface area (Å²) < 4.78 is 5.00. The Labute approximate surface area is 157 Å². The van der Waals surface area contributed by atoms with Gasteiger partial charge in [-0.05, 0) is 37.5 Å². The molecule has 0 aromatic heterocycles. The van der Waals surface area contributed by atoms with Crippen LogP contribution in [0.5, 0.6) is 0 Å². The fraction of sp³-hybridized carbons (Fsp3) is 0.263. The molecule has 0 unspecified atom stereocenters. The van der Waals surface area contributed by atoms with Crippen LogP contribution < -0.4 is 5.32 Å². The number of ether oxygens (including phenoxy) is 1. The summed E-state index contributed by atoms with van der Waals surface area (Å²) in [6.45, 7) is 1.53. The van der Waals surface area contributed by atoms with Crippen LogP contribution in [0.3, 0.4) is 0 Å². The van der Waals surface area contributed by atoms with E-state index in [-0.39, 0.29) is 34.2 Å². The molecule has 6 heteroatoms. The number of hydrogen-bond acceptors (Lipinski definition) is 3. The number of amides is 1. The van der Waals surface area contributed by atoms with E-state index >= 15 is 0 Å². The van der Waals surface area contributed by atoms with E-state index in [9.17, 15) is 9.59 Å². The molecule has 1 N–H and O–H groups in total. The van der Waals surface area contributed by atoms with E-state index < -0.39 is 5.97 Å². The molecule has 0 aliphatic rings. The Morgan fingerprint density at radius 3 is 2.32 bits per heavy atom. The second-order valence-electron chi connectivity index (χ2n) is 5.67. The van der Waals surface area contributed by atoms with Crippen molar-refractivity contribution < 1.29 is 14.3 Å². The van der Waals surface area contributed by atoms with Gasteiger partial charge in [0.05, 0.1) is 15.6 Å². The van der Waals surface area contributed by atoms with Gasteiger partial charge in [-0.15, -0.1) is 0 Å². The predicted octanol–water partition coefficient (Wildman–Crippen LogP) is 4.29. The van der Waals surface area contributed by atoms with Gasteiger partial charge in [0, 0.05) is 6.04 Å². The van der Waals surface area contributed by atoms with Gasteiger partial charge in [0.15, 0.2) is 6.61 Å². The Morgan fingerprint density at radius 2 is 1.68 bits per heavy atom. The Kier molecular flexibility index (Phi) is 7.29. The molecule has 0 aliphatic carbocycles. The van der Waals surface area contributed by atoms with Gasteiger partial charge in [-0.3, -0.25) is 4.79 Å². The zero-order chi connectivity index (χ0) is 18.2. The maximum atomic E-state index is 12.0. The number of nitrogens with one attached hydrogen (secondary N) is 1. The Hall–Kier alpha value is -2.04. The number of halogens is 2. The highest BCUT2D eigenvalue weighted by Gasteiger charge is 2.17. The van der Waals surface area contributed by atoms with E-state index in [0.29, 0.717) is 0 Å². The van der Waals surface area contributed by atoms with Gasteiger partial charge in [-0.2, -0.15) is 0 Å². The van der Waals surface area contributed by atoms with Crippen molar-refractivity contribution in [3.05, 3.63) is 69.7 Å². The van der Waals surface area contributed by atoms with E-state index in [1.807, 2.05) is 37.3 Å². The van der Waals surface area contributed by atoms with Crippen molar-refractivity contribution in [2.24, 2.45) is 0 Å². The molecule has 0 saturated carbocycles. The molecule has 0 saturated heterocycles. The third kappa shape index (κ3) is 6.07. The van der Waals surface area contributed by atoms with Crippen molar-refractivity contribution in [3.63, 3.8) is 0 Å². The Morgan fingerprint density at radius 1 is 1.04 bits per heavy atom. The van der Waals surface area contributed by atoms with Gasteiger partial charge in [-0.1, -0.05) is 59.6 Å². The maximum absolute atomic E-state index is 12.0. The highest BCUT2D eigenvalue weighted by molar-refractivity contribution is 6.39. The van der Waals surface area contributed by atoms with E-state index in [1.165, 1.54) is 17.7 Å². The van der Waals surface area contributed by atoms with Gasteiger partial charge in [0.2, 0.25) is 0 Å². The minimum atomic E-state index is -0.720. The van der Waals surface area contributed by atoms with Crippen LogP contribution in [-0.2, 0) is 16.0 Å². The number of esters is 1. The molecule has 4 nitrogen and oxygen atoms in total. The number of aryl methyl sites for hydroxylation is 1. The van der Waals surface area contributed by atoms with Crippen LogP contribution >= 0.6 is 23.2 Å². The molecular weight excluding hydrogens is 361 g/mol. The molecule has 0 radical (unpaired) electrons. The highest BCUT2D eigenvalue weighted by Crippen LogP contribution is 2.24. The van der Waals surface area contributed by atoms with Crippen LogP contribution in [0.25, 0.3) is 0 Å². The van der Waals surface area contributed by atoms with Gasteiger partial charge in [0.1, 0.15) is 0 Å². The lowest BCUT2D eigenvalue weighted by Gasteiger charge is -2.14. The van der Waals surface area contributed by atoms with Crippen molar-refractivity contribution in [2.45, 2.75) is 25.8 Å². The number of carbonyl (C=O) groups is 2. The quantitative estimate of drug-likeness (QED) is 0.730. The molecule has 0 aliphatic heterocycles. The van der Waals surface area contributed by atoms with Crippen molar-refractivity contribution in [3.8, 4) is 0 Å². The normalized spacial score (nSPS) is 11.6. The summed E-state index contributed by atoms with van der Waals surface area (Å²) in [5.41, 5.74) is 1.28. The lowest BCUT2D eigenvalue weighted by molar-refractivity contribution is -0.124. The first-order valence-electron chi connectivity index (χ1n) is 7.92. The first-order chi connectivity index (χ1) is 12.0. The lowest BCUT2D eigenvalue weighted by Crippen LogP contribution is -2.36. The smallest absolute Gasteiger partial charge is 0.341 e. The molecule has 0 bridgehead atoms. The van der Waals surface area contributed by atoms with Gasteiger partial charge < -0.3 is 10.1 Å². The number of hydrogen-bond donors (Lipinski definition) is 1. The molecule has 132 valence electrons. The number of carbonyl (C=O) groups excluding carboxylic acids is 2. The second kappa shape index (κ2) is 9.44. The molecule has 2 aromatic carbocycles. The first-order valence-corrected chi connectivity index (χ1v) is 8.67. The number of benzene rings is 2. The summed E-state index contributed by atoms with van der Waals surface area (Å²) in [5, 5.41) is 3.18. The minimum absolute atomic E-state index is 0.0321. The summed E-state index contributed by atoms with van der Waals surface area (Å²) in [5.74, 6) is -1.08. The van der Waals surface area contributed by atoms with E-state index in [2.05, 4.69) is 5.32 Å². The average Bonchev–Trinajstić information content (AvgIpc) is 2.59. The summed E-state index contributed by atoms with van der Waals surface area (Å²) in [7, 11) is 0. The minimum Gasteiger partial charge on any atom is -0.452 e. The summed E-state index contributed by atoms with van der Waals surface area (Å²) in [6.07, 6.45) is 1.65. The van der Waals surface area contributed by atoms with Crippen LogP contribution in [-0.4, -0.2) is 24.5 Å². The summed E-state index contributed by atoms with van der Waals surface area (Å²) >= 11 is 11.9. The van der Waals surface area contributed by atoms with Crippen molar-refractivity contribution >= 4 is 35.1 Å². The second-order valence-corrected chi connectivity index (χ2v) is 6.48. The van der Waals surface area contributed by atoms with E-state index in [1.54, 1.807) is 6.07 Å². The summed E-state index contributed by atoms with van der Waals surface area (Å²) in [6, 6.07) is 14.7. The monoisotopic (exact) mass is 379 g/mol. The van der Waals surface area contributed by atoms with Crippen LogP contribution in [0.2, 0.25) is 10.0 Å². The molecule has 0 spiro atoms. The van der Waals surface area contributed by atoms with Crippen LogP contribution in [0.4, 0.5) is 0 Å². The Balaban J connectivity index is 1.77. The van der Waals surface area contributed by atoms with E-state index in [0.717, 1.165) is 12.8 Å². The fourth-order valence-corrected chi connectivity index (χ4v) is 2.86. The SMILES string of the molecule is C[C@@H](CCc1ccccc1)NC(=O)COC(=O)c1c(Cl)cccc1Cl. The molecule has 25 heavy (non-hydrogen) atoms. The largest absolute Gasteiger partial charge is 0.452 e. The first kappa shape index (κ1) is 19.3. The zero-order valence-corrected chi connectivity index (χ0v) is 15.3. The Bertz CT molecular complexity index is 714.